The second-order valence-corrected chi connectivity index (χ2v) is 7.55. The van der Waals surface area contributed by atoms with Crippen LogP contribution in [0.2, 0.25) is 0 Å². The third-order valence-electron chi connectivity index (χ3n) is 5.67. The lowest BCUT2D eigenvalue weighted by molar-refractivity contribution is -0.140. The van der Waals surface area contributed by atoms with E-state index in [1.54, 1.807) is 0 Å². The van der Waals surface area contributed by atoms with E-state index in [0.29, 0.717) is 12.0 Å². The van der Waals surface area contributed by atoms with Gasteiger partial charge in [-0.15, -0.1) is 0 Å². The van der Waals surface area contributed by atoms with Crippen LogP contribution in [0, 0.1) is 5.92 Å². The molecule has 1 aromatic rings. The predicted molar refractivity (Wildman–Crippen MR) is 89.8 cm³/mol. The van der Waals surface area contributed by atoms with Crippen LogP contribution in [-0.2, 0) is 16.0 Å². The van der Waals surface area contributed by atoms with E-state index in [2.05, 4.69) is 16.3 Å². The van der Waals surface area contributed by atoms with E-state index < -0.39 is 5.97 Å². The van der Waals surface area contributed by atoms with Gasteiger partial charge < -0.3 is 10.4 Å². The van der Waals surface area contributed by atoms with Crippen molar-refractivity contribution >= 4 is 11.9 Å². The molecule has 0 spiro atoms. The number of hydrogen-bond acceptors (Lipinski definition) is 3. The van der Waals surface area contributed by atoms with Crippen molar-refractivity contribution in [3.05, 3.63) is 35.4 Å². The SMILES string of the molecule is O=C(O)CN(CC1CC1)C1CC(NC(=O)C2Cc3ccccc32)C1. The van der Waals surface area contributed by atoms with Gasteiger partial charge in [0, 0.05) is 18.6 Å². The fraction of sp³-hybridized carbons (Fsp3) is 0.579. The molecule has 3 aliphatic carbocycles. The molecule has 3 aliphatic rings. The number of carboxylic acids is 1. The predicted octanol–water partition coefficient (Wildman–Crippen LogP) is 1.77. The van der Waals surface area contributed by atoms with Crippen LogP contribution in [0.25, 0.3) is 0 Å². The number of carbonyl (C=O) groups is 2. The summed E-state index contributed by atoms with van der Waals surface area (Å²) in [5, 5.41) is 12.2. The monoisotopic (exact) mass is 328 g/mol. The van der Waals surface area contributed by atoms with Crippen molar-refractivity contribution in [2.75, 3.05) is 13.1 Å². The van der Waals surface area contributed by atoms with Crippen molar-refractivity contribution in [1.82, 2.24) is 10.2 Å². The average molecular weight is 328 g/mol. The standard InChI is InChI=1S/C19H24N2O3/c22-18(23)11-21(10-12-5-6-12)15-8-14(9-15)20-19(24)17-7-13-3-1-2-4-16(13)17/h1-4,12,14-15,17H,5-11H2,(H,20,24)(H,22,23). The van der Waals surface area contributed by atoms with Gasteiger partial charge in [0.25, 0.3) is 0 Å². The lowest BCUT2D eigenvalue weighted by Crippen LogP contribution is -2.56. The first-order valence-corrected chi connectivity index (χ1v) is 8.94. The van der Waals surface area contributed by atoms with Crippen LogP contribution in [0.5, 0.6) is 0 Å². The van der Waals surface area contributed by atoms with Crippen LogP contribution in [0.3, 0.4) is 0 Å². The second-order valence-electron chi connectivity index (χ2n) is 7.55. The Morgan fingerprint density at radius 1 is 1.21 bits per heavy atom. The van der Waals surface area contributed by atoms with Gasteiger partial charge in [-0.05, 0) is 49.1 Å². The highest BCUT2D eigenvalue weighted by Crippen LogP contribution is 2.37. The molecule has 0 radical (unpaired) electrons. The minimum absolute atomic E-state index is 0.00170. The molecule has 1 amide bonds. The molecule has 1 atom stereocenters. The summed E-state index contributed by atoms with van der Waals surface area (Å²) in [4.78, 5) is 25.6. The summed E-state index contributed by atoms with van der Waals surface area (Å²) in [6.07, 6.45) is 5.04. The van der Waals surface area contributed by atoms with Gasteiger partial charge in [-0.3, -0.25) is 14.5 Å². The van der Waals surface area contributed by atoms with Crippen molar-refractivity contribution < 1.29 is 14.7 Å². The normalized spacial score (nSPS) is 27.8. The third kappa shape index (κ3) is 3.18. The van der Waals surface area contributed by atoms with Gasteiger partial charge in [0.1, 0.15) is 0 Å². The molecule has 2 saturated carbocycles. The summed E-state index contributed by atoms with van der Waals surface area (Å²) in [5.74, 6) is 0.0599. The average Bonchev–Trinajstić information content (AvgIpc) is 3.26. The van der Waals surface area contributed by atoms with Crippen LogP contribution in [0.15, 0.2) is 24.3 Å². The van der Waals surface area contributed by atoms with Crippen molar-refractivity contribution in [2.24, 2.45) is 5.92 Å². The van der Waals surface area contributed by atoms with Crippen molar-refractivity contribution in [3.8, 4) is 0 Å². The second kappa shape index (κ2) is 6.20. The van der Waals surface area contributed by atoms with Crippen LogP contribution in [-0.4, -0.2) is 47.1 Å². The van der Waals surface area contributed by atoms with E-state index in [9.17, 15) is 9.59 Å². The maximum absolute atomic E-state index is 12.4. The Morgan fingerprint density at radius 3 is 2.62 bits per heavy atom. The van der Waals surface area contributed by atoms with Gasteiger partial charge in [-0.25, -0.2) is 0 Å². The highest BCUT2D eigenvalue weighted by atomic mass is 16.4. The molecular formula is C19H24N2O3. The molecular weight excluding hydrogens is 304 g/mol. The fourth-order valence-corrected chi connectivity index (χ4v) is 3.95. The largest absolute Gasteiger partial charge is 0.480 e. The lowest BCUT2D eigenvalue weighted by atomic mass is 9.76. The zero-order chi connectivity index (χ0) is 16.7. The number of fused-ring (bicyclic) bond motifs is 1. The molecule has 0 saturated heterocycles. The number of benzene rings is 1. The van der Waals surface area contributed by atoms with Gasteiger partial charge in [0.15, 0.2) is 0 Å². The van der Waals surface area contributed by atoms with E-state index in [1.807, 2.05) is 18.2 Å². The number of rotatable bonds is 7. The summed E-state index contributed by atoms with van der Waals surface area (Å²) in [6.45, 7) is 1.02. The van der Waals surface area contributed by atoms with Crippen LogP contribution >= 0.6 is 0 Å². The smallest absolute Gasteiger partial charge is 0.317 e. The van der Waals surface area contributed by atoms with Crippen LogP contribution in [0.1, 0.15) is 42.7 Å². The highest BCUT2D eigenvalue weighted by molar-refractivity contribution is 5.87. The number of carbonyl (C=O) groups excluding carboxylic acids is 1. The zero-order valence-corrected chi connectivity index (χ0v) is 13.8. The molecule has 1 aromatic carbocycles. The Kier molecular flexibility index (Phi) is 4.04. The minimum atomic E-state index is -0.755. The molecule has 1 unspecified atom stereocenters. The topological polar surface area (TPSA) is 69.6 Å². The molecule has 0 bridgehead atoms. The number of hydrogen-bond donors (Lipinski definition) is 2. The molecule has 2 fully saturated rings. The maximum Gasteiger partial charge on any atom is 0.317 e. The summed E-state index contributed by atoms with van der Waals surface area (Å²) in [6, 6.07) is 8.63. The molecule has 4 rings (SSSR count). The number of nitrogens with zero attached hydrogens (tertiary/aromatic N) is 1. The zero-order valence-electron chi connectivity index (χ0n) is 13.8. The first kappa shape index (κ1) is 15.6. The van der Waals surface area contributed by atoms with Crippen LogP contribution < -0.4 is 5.32 Å². The lowest BCUT2D eigenvalue weighted by Gasteiger charge is -2.43. The van der Waals surface area contributed by atoms with E-state index in [-0.39, 0.29) is 24.4 Å². The first-order valence-electron chi connectivity index (χ1n) is 8.94. The van der Waals surface area contributed by atoms with Crippen molar-refractivity contribution in [3.63, 3.8) is 0 Å². The van der Waals surface area contributed by atoms with Gasteiger partial charge in [0.05, 0.1) is 12.5 Å². The van der Waals surface area contributed by atoms with Gasteiger partial charge in [-0.2, -0.15) is 0 Å². The molecule has 24 heavy (non-hydrogen) atoms. The number of aliphatic carboxylic acids is 1. The van der Waals surface area contributed by atoms with E-state index in [4.69, 9.17) is 5.11 Å². The Hall–Kier alpha value is -1.88. The Morgan fingerprint density at radius 2 is 1.96 bits per heavy atom. The summed E-state index contributed by atoms with van der Waals surface area (Å²) >= 11 is 0. The molecule has 5 nitrogen and oxygen atoms in total. The van der Waals surface area contributed by atoms with Gasteiger partial charge in [-0.1, -0.05) is 24.3 Å². The van der Waals surface area contributed by atoms with Crippen molar-refractivity contribution in [2.45, 2.75) is 50.1 Å². The van der Waals surface area contributed by atoms with E-state index >= 15 is 0 Å². The fourth-order valence-electron chi connectivity index (χ4n) is 3.95. The Balaban J connectivity index is 1.26. The van der Waals surface area contributed by atoms with Crippen molar-refractivity contribution in [1.29, 1.82) is 0 Å². The van der Waals surface area contributed by atoms with E-state index in [0.717, 1.165) is 31.4 Å². The maximum atomic E-state index is 12.4. The molecule has 0 aliphatic heterocycles. The summed E-state index contributed by atoms with van der Waals surface area (Å²) in [7, 11) is 0. The first-order chi connectivity index (χ1) is 11.6. The summed E-state index contributed by atoms with van der Waals surface area (Å²) in [5.41, 5.74) is 2.44. The van der Waals surface area contributed by atoms with Crippen LogP contribution in [0.4, 0.5) is 0 Å². The van der Waals surface area contributed by atoms with Gasteiger partial charge >= 0.3 is 5.97 Å². The Bertz CT molecular complexity index is 650. The van der Waals surface area contributed by atoms with Gasteiger partial charge in [0.2, 0.25) is 5.91 Å². The third-order valence-corrected chi connectivity index (χ3v) is 5.67. The molecule has 0 aromatic heterocycles. The summed E-state index contributed by atoms with van der Waals surface area (Å²) < 4.78 is 0. The molecule has 5 heteroatoms. The quantitative estimate of drug-likeness (QED) is 0.800. The minimum Gasteiger partial charge on any atom is -0.480 e. The molecule has 2 N–H and O–H groups in total. The molecule has 0 heterocycles. The van der Waals surface area contributed by atoms with E-state index in [1.165, 1.54) is 18.4 Å². The number of carboxylic acid groups (broad SMARTS) is 1. The number of nitrogens with one attached hydrogen (secondary N) is 1. The highest BCUT2D eigenvalue weighted by Gasteiger charge is 2.39. The molecule has 128 valence electrons. The Labute approximate surface area is 142 Å². The number of amides is 1.